The molecule has 27 heavy (non-hydrogen) atoms. The monoisotopic (exact) mass is 371 g/mol. The normalized spacial score (nSPS) is 32.4. The van der Waals surface area contributed by atoms with Gasteiger partial charge in [0.1, 0.15) is 5.75 Å². The summed E-state index contributed by atoms with van der Waals surface area (Å²) in [5.41, 5.74) is 6.92. The number of fused-ring (bicyclic) bond motifs is 3. The van der Waals surface area contributed by atoms with E-state index in [0.29, 0.717) is 30.6 Å². The van der Waals surface area contributed by atoms with Gasteiger partial charge in [-0.1, -0.05) is 18.6 Å². The number of ether oxygens (including phenoxy) is 1. The fraction of sp³-hybridized carbons (Fsp3) is 0.619. The van der Waals surface area contributed by atoms with Gasteiger partial charge in [-0.2, -0.15) is 0 Å². The lowest BCUT2D eigenvalue weighted by Crippen LogP contribution is -2.54. The molecule has 3 unspecified atom stereocenters. The molecule has 0 aromatic heterocycles. The van der Waals surface area contributed by atoms with Crippen molar-refractivity contribution in [2.24, 2.45) is 17.6 Å². The second-order valence-electron chi connectivity index (χ2n) is 8.24. The number of rotatable bonds is 4. The van der Waals surface area contributed by atoms with Crippen LogP contribution in [-0.2, 0) is 9.59 Å². The molecule has 6 nitrogen and oxygen atoms in total. The van der Waals surface area contributed by atoms with Crippen molar-refractivity contribution in [1.29, 1.82) is 0 Å². The molecular formula is C21H29N3O3. The van der Waals surface area contributed by atoms with Crippen molar-refractivity contribution in [1.82, 2.24) is 5.32 Å². The molecule has 0 radical (unpaired) electrons. The maximum atomic E-state index is 12.7. The Bertz CT molecular complexity index is 708. The molecule has 2 bridgehead atoms. The summed E-state index contributed by atoms with van der Waals surface area (Å²) in [6.07, 6.45) is 5.34. The molecule has 3 atom stereocenters. The van der Waals surface area contributed by atoms with Crippen molar-refractivity contribution in [3.8, 4) is 5.75 Å². The SMILES string of the molecule is CC1Oc2ccccc2N(CCC(=O)NC2C3CCCC2CC(N)C3)C1=O. The van der Waals surface area contributed by atoms with Gasteiger partial charge in [-0.3, -0.25) is 9.59 Å². The van der Waals surface area contributed by atoms with Gasteiger partial charge in [-0.05, 0) is 56.6 Å². The van der Waals surface area contributed by atoms with Gasteiger partial charge in [0.15, 0.2) is 6.10 Å². The molecule has 2 saturated carbocycles. The molecule has 3 N–H and O–H groups in total. The maximum absolute atomic E-state index is 12.7. The number of amides is 2. The predicted molar refractivity (Wildman–Crippen MR) is 103 cm³/mol. The van der Waals surface area contributed by atoms with Gasteiger partial charge in [0.2, 0.25) is 5.91 Å². The van der Waals surface area contributed by atoms with Crippen LogP contribution in [0, 0.1) is 11.8 Å². The molecule has 1 aromatic rings. The van der Waals surface area contributed by atoms with Crippen LogP contribution >= 0.6 is 0 Å². The third-order valence-electron chi connectivity index (χ3n) is 6.34. The van der Waals surface area contributed by atoms with Crippen molar-refractivity contribution in [2.45, 2.75) is 63.6 Å². The zero-order valence-electron chi connectivity index (χ0n) is 15.9. The van der Waals surface area contributed by atoms with Crippen LogP contribution in [0.2, 0.25) is 0 Å². The summed E-state index contributed by atoms with van der Waals surface area (Å²) in [6, 6.07) is 8.01. The molecule has 2 fully saturated rings. The molecule has 2 aliphatic carbocycles. The van der Waals surface area contributed by atoms with Gasteiger partial charge in [0.25, 0.3) is 5.91 Å². The largest absolute Gasteiger partial charge is 0.479 e. The Kier molecular flexibility index (Phi) is 5.08. The highest BCUT2D eigenvalue weighted by Crippen LogP contribution is 2.39. The van der Waals surface area contributed by atoms with E-state index in [-0.39, 0.29) is 23.9 Å². The second kappa shape index (κ2) is 7.50. The van der Waals surface area contributed by atoms with E-state index < -0.39 is 6.10 Å². The van der Waals surface area contributed by atoms with Crippen LogP contribution < -0.4 is 20.7 Å². The van der Waals surface area contributed by atoms with Crippen LogP contribution in [0.4, 0.5) is 5.69 Å². The number of nitrogens with zero attached hydrogens (tertiary/aromatic N) is 1. The molecule has 6 heteroatoms. The van der Waals surface area contributed by atoms with Gasteiger partial charge < -0.3 is 20.7 Å². The summed E-state index contributed by atoms with van der Waals surface area (Å²) in [6.45, 7) is 2.12. The quantitative estimate of drug-likeness (QED) is 0.850. The summed E-state index contributed by atoms with van der Waals surface area (Å²) >= 11 is 0. The second-order valence-corrected chi connectivity index (χ2v) is 8.24. The lowest BCUT2D eigenvalue weighted by Gasteiger charge is -2.45. The summed E-state index contributed by atoms with van der Waals surface area (Å²) in [5, 5.41) is 3.27. The number of carbonyl (C=O) groups is 2. The highest BCUT2D eigenvalue weighted by Gasteiger charge is 2.40. The molecular weight excluding hydrogens is 342 g/mol. The van der Waals surface area contributed by atoms with Crippen molar-refractivity contribution < 1.29 is 14.3 Å². The Hall–Kier alpha value is -2.08. The number of benzene rings is 1. The van der Waals surface area contributed by atoms with Crippen molar-refractivity contribution in [3.05, 3.63) is 24.3 Å². The minimum absolute atomic E-state index is 0.0248. The highest BCUT2D eigenvalue weighted by molar-refractivity contribution is 6.00. The summed E-state index contributed by atoms with van der Waals surface area (Å²) in [4.78, 5) is 26.9. The van der Waals surface area contributed by atoms with E-state index in [1.807, 2.05) is 24.3 Å². The van der Waals surface area contributed by atoms with E-state index in [4.69, 9.17) is 10.5 Å². The zero-order chi connectivity index (χ0) is 19.0. The first kappa shape index (κ1) is 18.3. The Morgan fingerprint density at radius 1 is 1.26 bits per heavy atom. The van der Waals surface area contributed by atoms with Gasteiger partial charge >= 0.3 is 0 Å². The lowest BCUT2D eigenvalue weighted by atomic mass is 9.67. The molecule has 1 heterocycles. The van der Waals surface area contributed by atoms with Crippen LogP contribution in [0.25, 0.3) is 0 Å². The first-order chi connectivity index (χ1) is 13.0. The molecule has 2 amide bonds. The van der Waals surface area contributed by atoms with Crippen LogP contribution in [0.5, 0.6) is 5.75 Å². The van der Waals surface area contributed by atoms with Crippen LogP contribution in [-0.4, -0.2) is 36.5 Å². The van der Waals surface area contributed by atoms with Gasteiger partial charge in [-0.25, -0.2) is 0 Å². The number of anilines is 1. The number of nitrogens with one attached hydrogen (secondary N) is 1. The summed E-state index contributed by atoms with van der Waals surface area (Å²) in [7, 11) is 0. The topological polar surface area (TPSA) is 84.7 Å². The Morgan fingerprint density at radius 2 is 1.96 bits per heavy atom. The van der Waals surface area contributed by atoms with Crippen LogP contribution in [0.1, 0.15) is 45.4 Å². The number of carbonyl (C=O) groups excluding carboxylic acids is 2. The van der Waals surface area contributed by atoms with Gasteiger partial charge in [-0.15, -0.1) is 0 Å². The van der Waals surface area contributed by atoms with E-state index in [1.165, 1.54) is 6.42 Å². The number of nitrogens with two attached hydrogens (primary N) is 1. The van der Waals surface area contributed by atoms with E-state index >= 15 is 0 Å². The molecule has 0 spiro atoms. The standard InChI is InChI=1S/C21H29N3O3/c1-13-21(26)24(17-7-2-3-8-18(17)27-13)10-9-19(25)23-20-14-5-4-6-15(20)12-16(22)11-14/h2-3,7-8,13-16,20H,4-6,9-12,22H2,1H3,(H,23,25). The minimum atomic E-state index is -0.526. The Labute approximate surface area is 160 Å². The van der Waals surface area contributed by atoms with Gasteiger partial charge in [0.05, 0.1) is 5.69 Å². The highest BCUT2D eigenvalue weighted by atomic mass is 16.5. The fourth-order valence-corrected chi connectivity index (χ4v) is 5.09. The average molecular weight is 371 g/mol. The third kappa shape index (κ3) is 3.68. The molecule has 1 aliphatic heterocycles. The maximum Gasteiger partial charge on any atom is 0.267 e. The number of hydrogen-bond acceptors (Lipinski definition) is 4. The van der Waals surface area contributed by atoms with Gasteiger partial charge in [0, 0.05) is 25.0 Å². The Balaban J connectivity index is 1.39. The average Bonchev–Trinajstić information content (AvgIpc) is 2.63. The van der Waals surface area contributed by atoms with E-state index in [9.17, 15) is 9.59 Å². The number of para-hydroxylation sites is 2. The lowest BCUT2D eigenvalue weighted by molar-refractivity contribution is -0.126. The molecule has 1 aromatic carbocycles. The van der Waals surface area contributed by atoms with Crippen LogP contribution in [0.3, 0.4) is 0 Å². The minimum Gasteiger partial charge on any atom is -0.479 e. The molecule has 3 aliphatic rings. The summed E-state index contributed by atoms with van der Waals surface area (Å²) < 4.78 is 5.66. The zero-order valence-corrected chi connectivity index (χ0v) is 15.9. The third-order valence-corrected chi connectivity index (χ3v) is 6.34. The van der Waals surface area contributed by atoms with Crippen molar-refractivity contribution in [2.75, 3.05) is 11.4 Å². The smallest absolute Gasteiger partial charge is 0.267 e. The Morgan fingerprint density at radius 3 is 2.70 bits per heavy atom. The molecule has 0 saturated heterocycles. The van der Waals surface area contributed by atoms with Crippen LogP contribution in [0.15, 0.2) is 24.3 Å². The van der Waals surface area contributed by atoms with E-state index in [1.54, 1.807) is 11.8 Å². The van der Waals surface area contributed by atoms with Crippen molar-refractivity contribution >= 4 is 17.5 Å². The molecule has 146 valence electrons. The first-order valence-corrected chi connectivity index (χ1v) is 10.1. The van der Waals surface area contributed by atoms with Crippen molar-refractivity contribution in [3.63, 3.8) is 0 Å². The number of hydrogen-bond donors (Lipinski definition) is 2. The summed E-state index contributed by atoms with van der Waals surface area (Å²) in [5.74, 6) is 1.63. The fourth-order valence-electron chi connectivity index (χ4n) is 5.09. The van der Waals surface area contributed by atoms with E-state index in [2.05, 4.69) is 5.32 Å². The predicted octanol–water partition coefficient (Wildman–Crippen LogP) is 2.21. The molecule has 4 rings (SSSR count). The first-order valence-electron chi connectivity index (χ1n) is 10.1. The van der Waals surface area contributed by atoms with E-state index in [0.717, 1.165) is 31.4 Å².